The molecule has 0 saturated carbocycles. The van der Waals surface area contributed by atoms with Gasteiger partial charge in [0.2, 0.25) is 6.79 Å². The molecule has 3 aliphatic heterocycles. The van der Waals surface area contributed by atoms with Crippen LogP contribution in [0.2, 0.25) is 0 Å². The van der Waals surface area contributed by atoms with Gasteiger partial charge in [-0.2, -0.15) is 0 Å². The van der Waals surface area contributed by atoms with E-state index in [1.807, 2.05) is 23.1 Å². The Morgan fingerprint density at radius 1 is 0.971 bits per heavy atom. The molecule has 0 unspecified atom stereocenters. The van der Waals surface area contributed by atoms with Crippen molar-refractivity contribution in [2.24, 2.45) is 0 Å². The maximum atomic E-state index is 13.7. The van der Waals surface area contributed by atoms with Crippen molar-refractivity contribution >= 4 is 28.7 Å². The number of carbonyl (C=O) groups is 1. The van der Waals surface area contributed by atoms with E-state index in [0.29, 0.717) is 66.0 Å². The molecule has 3 aromatic carbocycles. The number of morpholine rings is 1. The number of benzene rings is 3. The van der Waals surface area contributed by atoms with Gasteiger partial charge in [-0.1, -0.05) is 18.2 Å². The summed E-state index contributed by atoms with van der Waals surface area (Å²) in [5.74, 6) is 0.929. The van der Waals surface area contributed by atoms with Crippen LogP contribution in [0, 0.1) is 10.1 Å². The van der Waals surface area contributed by atoms with E-state index in [1.54, 1.807) is 47.4 Å². The zero-order valence-corrected chi connectivity index (χ0v) is 18.7. The van der Waals surface area contributed by atoms with Gasteiger partial charge in [0.25, 0.3) is 11.6 Å². The van der Waals surface area contributed by atoms with Crippen molar-refractivity contribution in [1.82, 2.24) is 0 Å². The fourth-order valence-electron chi connectivity index (χ4n) is 4.72. The predicted molar refractivity (Wildman–Crippen MR) is 128 cm³/mol. The van der Waals surface area contributed by atoms with Gasteiger partial charge in [-0.15, -0.1) is 0 Å². The minimum absolute atomic E-state index is 0.0110. The smallest absolute Gasteiger partial charge is 0.292 e. The maximum Gasteiger partial charge on any atom is 0.292 e. The zero-order valence-electron chi connectivity index (χ0n) is 18.7. The Balaban J connectivity index is 1.45. The summed E-state index contributed by atoms with van der Waals surface area (Å²) in [6.45, 7) is 2.32. The van der Waals surface area contributed by atoms with Crippen LogP contribution < -0.4 is 24.6 Å². The lowest BCUT2D eigenvalue weighted by molar-refractivity contribution is -0.384. The summed E-state index contributed by atoms with van der Waals surface area (Å²) in [5.41, 5.74) is 2.89. The van der Waals surface area contributed by atoms with Gasteiger partial charge >= 0.3 is 0 Å². The molecule has 3 heterocycles. The Labute approximate surface area is 200 Å². The van der Waals surface area contributed by atoms with Crippen molar-refractivity contribution < 1.29 is 23.9 Å². The lowest BCUT2D eigenvalue weighted by Gasteiger charge is -2.38. The third kappa shape index (κ3) is 3.68. The number of nitro groups is 1. The third-order valence-electron chi connectivity index (χ3n) is 6.42. The lowest BCUT2D eigenvalue weighted by Crippen LogP contribution is -2.43. The fourth-order valence-corrected chi connectivity index (χ4v) is 4.72. The summed E-state index contributed by atoms with van der Waals surface area (Å²) in [7, 11) is 0. The number of anilines is 3. The molecule has 0 radical (unpaired) electrons. The second kappa shape index (κ2) is 8.48. The molecule has 0 bridgehead atoms. The number of rotatable bonds is 4. The first-order valence-corrected chi connectivity index (χ1v) is 11.3. The standard InChI is InChI=1S/C25H22N4O6/c30-25-18-3-1-2-4-19(18)26-24(28(25)17-6-8-22-23(14-17)35-15-34-22)16-5-7-20(21(13-16)29(31)32)27-9-11-33-12-10-27/h1-8,13-14,24,26H,9-12,15H2/t24-/m0/s1. The van der Waals surface area contributed by atoms with Gasteiger partial charge in [-0.05, 0) is 30.3 Å². The second-order valence-corrected chi connectivity index (χ2v) is 8.41. The number of nitrogens with zero attached hydrogens (tertiary/aromatic N) is 3. The molecule has 1 atom stereocenters. The Kier molecular flexibility index (Phi) is 5.14. The first kappa shape index (κ1) is 21.2. The van der Waals surface area contributed by atoms with Crippen molar-refractivity contribution in [3.63, 3.8) is 0 Å². The first-order chi connectivity index (χ1) is 17.1. The van der Waals surface area contributed by atoms with Crippen LogP contribution >= 0.6 is 0 Å². The van der Waals surface area contributed by atoms with Gasteiger partial charge in [-0.3, -0.25) is 19.8 Å². The molecule has 1 fully saturated rings. The summed E-state index contributed by atoms with van der Waals surface area (Å²) in [6.07, 6.45) is -0.671. The van der Waals surface area contributed by atoms with Crippen LogP contribution in [0.4, 0.5) is 22.7 Å². The molecule has 3 aliphatic rings. The topological polar surface area (TPSA) is 106 Å². The van der Waals surface area contributed by atoms with Gasteiger partial charge in [0, 0.05) is 36.5 Å². The van der Waals surface area contributed by atoms with Crippen molar-refractivity contribution in [2.75, 3.05) is 48.2 Å². The lowest BCUT2D eigenvalue weighted by atomic mass is 10.0. The van der Waals surface area contributed by atoms with E-state index in [4.69, 9.17) is 14.2 Å². The van der Waals surface area contributed by atoms with Crippen molar-refractivity contribution in [1.29, 1.82) is 0 Å². The number of ether oxygens (including phenoxy) is 3. The van der Waals surface area contributed by atoms with E-state index < -0.39 is 6.17 Å². The summed E-state index contributed by atoms with van der Waals surface area (Å²) in [6, 6.07) is 17.6. The van der Waals surface area contributed by atoms with E-state index in [9.17, 15) is 14.9 Å². The number of hydrogen-bond donors (Lipinski definition) is 1. The summed E-state index contributed by atoms with van der Waals surface area (Å²) in [4.78, 5) is 28.9. The van der Waals surface area contributed by atoms with E-state index in [1.165, 1.54) is 0 Å². The largest absolute Gasteiger partial charge is 0.454 e. The second-order valence-electron chi connectivity index (χ2n) is 8.41. The third-order valence-corrected chi connectivity index (χ3v) is 6.42. The highest BCUT2D eigenvalue weighted by Gasteiger charge is 2.36. The van der Waals surface area contributed by atoms with Crippen LogP contribution in [0.15, 0.2) is 60.7 Å². The summed E-state index contributed by atoms with van der Waals surface area (Å²) >= 11 is 0. The van der Waals surface area contributed by atoms with Crippen LogP contribution in [0.5, 0.6) is 11.5 Å². The highest BCUT2D eigenvalue weighted by atomic mass is 16.7. The van der Waals surface area contributed by atoms with Gasteiger partial charge in [-0.25, -0.2) is 0 Å². The molecule has 6 rings (SSSR count). The number of fused-ring (bicyclic) bond motifs is 2. The number of carbonyl (C=O) groups excluding carboxylic acids is 1. The van der Waals surface area contributed by atoms with Crippen molar-refractivity contribution in [3.05, 3.63) is 81.9 Å². The molecule has 178 valence electrons. The van der Waals surface area contributed by atoms with Gasteiger partial charge in [0.1, 0.15) is 11.9 Å². The van der Waals surface area contributed by atoms with Crippen LogP contribution in [-0.4, -0.2) is 43.9 Å². The molecule has 1 saturated heterocycles. The van der Waals surface area contributed by atoms with Crippen LogP contribution in [0.1, 0.15) is 22.1 Å². The van der Waals surface area contributed by atoms with Crippen LogP contribution in [0.3, 0.4) is 0 Å². The molecular weight excluding hydrogens is 452 g/mol. The molecule has 10 nitrogen and oxygen atoms in total. The highest BCUT2D eigenvalue weighted by molar-refractivity contribution is 6.12. The molecule has 0 aliphatic carbocycles. The quantitative estimate of drug-likeness (QED) is 0.448. The Bertz CT molecular complexity index is 1320. The molecular formula is C25H22N4O6. The van der Waals surface area contributed by atoms with E-state index >= 15 is 0 Å². The van der Waals surface area contributed by atoms with Gasteiger partial charge in [0.05, 0.1) is 29.4 Å². The first-order valence-electron chi connectivity index (χ1n) is 11.3. The number of nitro benzene ring substituents is 1. The summed E-state index contributed by atoms with van der Waals surface area (Å²) in [5, 5.41) is 15.5. The van der Waals surface area contributed by atoms with Gasteiger partial charge in [0.15, 0.2) is 11.5 Å². The molecule has 0 aromatic heterocycles. The minimum atomic E-state index is -0.671. The molecule has 1 N–H and O–H groups in total. The zero-order chi connectivity index (χ0) is 23.9. The SMILES string of the molecule is O=C1c2ccccc2N[C@H](c2ccc(N3CCOCC3)c([N+](=O)[O-])c2)N1c1ccc2c(c1)OCO2. The maximum absolute atomic E-state index is 13.7. The van der Waals surface area contributed by atoms with Crippen molar-refractivity contribution in [2.45, 2.75) is 6.17 Å². The normalized spacial score (nSPS) is 18.7. The Morgan fingerprint density at radius 2 is 1.77 bits per heavy atom. The fraction of sp³-hybridized carbons (Fsp3) is 0.240. The van der Waals surface area contributed by atoms with Gasteiger partial charge < -0.3 is 24.4 Å². The van der Waals surface area contributed by atoms with Crippen LogP contribution in [0.25, 0.3) is 0 Å². The number of hydrogen-bond acceptors (Lipinski definition) is 8. The molecule has 3 aromatic rings. The van der Waals surface area contributed by atoms with E-state index in [0.717, 1.165) is 0 Å². The molecule has 0 spiro atoms. The molecule has 10 heteroatoms. The monoisotopic (exact) mass is 474 g/mol. The predicted octanol–water partition coefficient (Wildman–Crippen LogP) is 3.93. The summed E-state index contributed by atoms with van der Waals surface area (Å²) < 4.78 is 16.3. The van der Waals surface area contributed by atoms with E-state index in [2.05, 4.69) is 5.32 Å². The Hall–Kier alpha value is -4.31. The number of nitrogens with one attached hydrogen (secondary N) is 1. The minimum Gasteiger partial charge on any atom is -0.454 e. The number of para-hydroxylation sites is 1. The Morgan fingerprint density at radius 3 is 2.60 bits per heavy atom. The molecule has 35 heavy (non-hydrogen) atoms. The van der Waals surface area contributed by atoms with Crippen molar-refractivity contribution in [3.8, 4) is 11.5 Å². The average Bonchev–Trinajstić information content (AvgIpc) is 3.37. The number of amides is 1. The van der Waals surface area contributed by atoms with Crippen LogP contribution in [-0.2, 0) is 4.74 Å². The average molecular weight is 474 g/mol. The molecule has 1 amide bonds. The van der Waals surface area contributed by atoms with E-state index in [-0.39, 0.29) is 23.3 Å². The highest BCUT2D eigenvalue weighted by Crippen LogP contribution is 2.42.